The van der Waals surface area contributed by atoms with E-state index >= 15 is 0 Å². The van der Waals surface area contributed by atoms with Crippen LogP contribution in [0.5, 0.6) is 0 Å². The normalized spacial score (nSPS) is 20.3. The predicted octanol–water partition coefficient (Wildman–Crippen LogP) is 2.93. The first-order valence-corrected chi connectivity index (χ1v) is 6.74. The lowest BCUT2D eigenvalue weighted by Gasteiger charge is -2.27. The Hall–Kier alpha value is -1.16. The molecule has 0 aliphatic carbocycles. The smallest absolute Gasteiger partial charge is 0.228 e. The molecule has 98 valence electrons. The minimum Gasteiger partial charge on any atom is -0.379 e. The molecule has 1 aliphatic heterocycles. The van der Waals surface area contributed by atoms with Gasteiger partial charge in [-0.1, -0.05) is 12.1 Å². The highest BCUT2D eigenvalue weighted by molar-refractivity contribution is 7.81. The van der Waals surface area contributed by atoms with Gasteiger partial charge in [0, 0.05) is 23.8 Å². The number of benzene rings is 1. The fourth-order valence-electron chi connectivity index (χ4n) is 2.14. The Morgan fingerprint density at radius 1 is 1.33 bits per heavy atom. The van der Waals surface area contributed by atoms with Crippen LogP contribution in [-0.2, 0) is 4.79 Å². The summed E-state index contributed by atoms with van der Waals surface area (Å²) in [5, 5.41) is 3.58. The number of thiol groups is 1. The molecule has 1 aromatic rings. The van der Waals surface area contributed by atoms with Gasteiger partial charge in [0.25, 0.3) is 0 Å². The zero-order chi connectivity index (χ0) is 13.3. The van der Waals surface area contributed by atoms with Crippen molar-refractivity contribution in [2.75, 3.05) is 16.8 Å². The molecule has 2 rings (SSSR count). The van der Waals surface area contributed by atoms with E-state index in [-0.39, 0.29) is 16.7 Å². The van der Waals surface area contributed by atoms with Crippen LogP contribution >= 0.6 is 12.6 Å². The summed E-state index contributed by atoms with van der Waals surface area (Å²) < 4.78 is 0. The Kier molecular flexibility index (Phi) is 3.57. The van der Waals surface area contributed by atoms with E-state index in [9.17, 15) is 4.79 Å². The highest BCUT2D eigenvalue weighted by Crippen LogP contribution is 2.32. The van der Waals surface area contributed by atoms with Gasteiger partial charge < -0.3 is 10.2 Å². The highest BCUT2D eigenvalue weighted by atomic mass is 32.1. The molecule has 4 heteroatoms. The fourth-order valence-corrected chi connectivity index (χ4v) is 2.46. The summed E-state index contributed by atoms with van der Waals surface area (Å²) in [5.74, 6) is 0.151. The van der Waals surface area contributed by atoms with Gasteiger partial charge in [-0.2, -0.15) is 12.6 Å². The van der Waals surface area contributed by atoms with Gasteiger partial charge in [-0.25, -0.2) is 0 Å². The Bertz CT molecular complexity index is 453. The average molecular weight is 264 g/mol. The summed E-state index contributed by atoms with van der Waals surface area (Å²) in [5.41, 5.74) is 1.92. The molecular formula is C14H20N2OS. The number of amides is 1. The number of nitrogens with one attached hydrogen (secondary N) is 1. The summed E-state index contributed by atoms with van der Waals surface area (Å²) in [6, 6.07) is 7.94. The predicted molar refractivity (Wildman–Crippen MR) is 79.6 cm³/mol. The van der Waals surface area contributed by atoms with Crippen molar-refractivity contribution in [3.63, 3.8) is 0 Å². The number of hydrogen-bond acceptors (Lipinski definition) is 3. The van der Waals surface area contributed by atoms with Crippen molar-refractivity contribution in [2.24, 2.45) is 0 Å². The maximum absolute atomic E-state index is 12.0. The van der Waals surface area contributed by atoms with Crippen molar-refractivity contribution in [3.8, 4) is 0 Å². The van der Waals surface area contributed by atoms with Gasteiger partial charge in [0.15, 0.2) is 0 Å². The maximum atomic E-state index is 12.0. The molecule has 1 unspecified atom stereocenters. The Balaban J connectivity index is 2.30. The molecule has 0 aromatic heterocycles. The maximum Gasteiger partial charge on any atom is 0.228 e. The summed E-state index contributed by atoms with van der Waals surface area (Å²) in [7, 11) is 0. The van der Waals surface area contributed by atoms with Crippen LogP contribution in [0, 0.1) is 0 Å². The van der Waals surface area contributed by atoms with Gasteiger partial charge in [0.1, 0.15) is 0 Å². The lowest BCUT2D eigenvalue weighted by molar-refractivity contribution is -0.117. The molecule has 1 heterocycles. The van der Waals surface area contributed by atoms with Crippen molar-refractivity contribution in [1.82, 2.24) is 0 Å². The van der Waals surface area contributed by atoms with Gasteiger partial charge in [-0.3, -0.25) is 4.79 Å². The molecule has 1 N–H and O–H groups in total. The first-order chi connectivity index (χ1) is 8.37. The molecule has 1 fully saturated rings. The van der Waals surface area contributed by atoms with Crippen molar-refractivity contribution >= 4 is 29.9 Å². The van der Waals surface area contributed by atoms with Crippen LogP contribution in [0.2, 0.25) is 0 Å². The first-order valence-electron chi connectivity index (χ1n) is 6.22. The standard InChI is InChI=1S/C14H20N2OS/c1-14(2,3)15-11-6-4-5-7-12(11)16-9-10(18)8-13(16)17/h4-7,10,15,18H,8-9H2,1-3H3. The zero-order valence-electron chi connectivity index (χ0n) is 11.1. The Morgan fingerprint density at radius 2 is 2.00 bits per heavy atom. The lowest BCUT2D eigenvalue weighted by atomic mass is 10.1. The number of anilines is 2. The van der Waals surface area contributed by atoms with Gasteiger partial charge in [-0.05, 0) is 32.9 Å². The van der Waals surface area contributed by atoms with Crippen LogP contribution in [0.4, 0.5) is 11.4 Å². The third-order valence-corrected chi connectivity index (χ3v) is 3.16. The molecule has 1 saturated heterocycles. The van der Waals surface area contributed by atoms with Crippen LogP contribution in [-0.4, -0.2) is 23.2 Å². The second kappa shape index (κ2) is 4.84. The summed E-state index contributed by atoms with van der Waals surface area (Å²) >= 11 is 4.40. The van der Waals surface area contributed by atoms with Crippen molar-refractivity contribution in [1.29, 1.82) is 0 Å². The summed E-state index contributed by atoms with van der Waals surface area (Å²) in [4.78, 5) is 13.8. The third kappa shape index (κ3) is 2.99. The van der Waals surface area contributed by atoms with Gasteiger partial charge in [0.05, 0.1) is 11.4 Å². The van der Waals surface area contributed by atoms with Crippen molar-refractivity contribution in [2.45, 2.75) is 38.0 Å². The van der Waals surface area contributed by atoms with E-state index in [0.717, 1.165) is 11.4 Å². The van der Waals surface area contributed by atoms with Gasteiger partial charge in [-0.15, -0.1) is 0 Å². The minimum absolute atomic E-state index is 0.0285. The third-order valence-electron chi connectivity index (χ3n) is 2.81. The molecule has 3 nitrogen and oxygen atoms in total. The largest absolute Gasteiger partial charge is 0.379 e. The van der Waals surface area contributed by atoms with Crippen LogP contribution < -0.4 is 10.2 Å². The average Bonchev–Trinajstić information content (AvgIpc) is 2.56. The number of para-hydroxylation sites is 2. The van der Waals surface area contributed by atoms with Crippen LogP contribution in [0.25, 0.3) is 0 Å². The quantitative estimate of drug-likeness (QED) is 0.805. The number of rotatable bonds is 2. The van der Waals surface area contributed by atoms with Gasteiger partial charge >= 0.3 is 0 Å². The summed E-state index contributed by atoms with van der Waals surface area (Å²) in [6.45, 7) is 7.01. The second-order valence-electron chi connectivity index (χ2n) is 5.75. The highest BCUT2D eigenvalue weighted by Gasteiger charge is 2.30. The van der Waals surface area contributed by atoms with E-state index in [1.807, 2.05) is 29.2 Å². The molecule has 0 saturated carbocycles. The number of carbonyl (C=O) groups excluding carboxylic acids is 1. The van der Waals surface area contributed by atoms with Gasteiger partial charge in [0.2, 0.25) is 5.91 Å². The number of nitrogens with zero attached hydrogens (tertiary/aromatic N) is 1. The van der Waals surface area contributed by atoms with E-state index in [1.165, 1.54) is 0 Å². The SMILES string of the molecule is CC(C)(C)Nc1ccccc1N1CC(S)CC1=O. The number of hydrogen-bond donors (Lipinski definition) is 2. The Labute approximate surface area is 114 Å². The molecule has 1 amide bonds. The van der Waals surface area contributed by atoms with Crippen LogP contribution in [0.15, 0.2) is 24.3 Å². The topological polar surface area (TPSA) is 32.3 Å². The van der Waals surface area contributed by atoms with E-state index < -0.39 is 0 Å². The van der Waals surface area contributed by atoms with E-state index in [4.69, 9.17) is 0 Å². The lowest BCUT2D eigenvalue weighted by Crippen LogP contribution is -2.30. The van der Waals surface area contributed by atoms with E-state index in [1.54, 1.807) is 0 Å². The molecule has 1 aromatic carbocycles. The second-order valence-corrected chi connectivity index (χ2v) is 6.48. The van der Waals surface area contributed by atoms with Crippen LogP contribution in [0.3, 0.4) is 0 Å². The molecule has 1 atom stereocenters. The van der Waals surface area contributed by atoms with Crippen LogP contribution in [0.1, 0.15) is 27.2 Å². The van der Waals surface area contributed by atoms with E-state index in [2.05, 4.69) is 38.7 Å². The number of carbonyl (C=O) groups is 1. The first kappa shape index (κ1) is 13.3. The zero-order valence-corrected chi connectivity index (χ0v) is 12.0. The fraction of sp³-hybridized carbons (Fsp3) is 0.500. The molecule has 0 spiro atoms. The molecule has 18 heavy (non-hydrogen) atoms. The van der Waals surface area contributed by atoms with E-state index in [0.29, 0.717) is 13.0 Å². The molecule has 0 bridgehead atoms. The van der Waals surface area contributed by atoms with Crippen molar-refractivity contribution in [3.05, 3.63) is 24.3 Å². The molecular weight excluding hydrogens is 244 g/mol. The molecule has 1 aliphatic rings. The van der Waals surface area contributed by atoms with Crippen molar-refractivity contribution < 1.29 is 4.79 Å². The minimum atomic E-state index is -0.0285. The molecule has 0 radical (unpaired) electrons. The Morgan fingerprint density at radius 3 is 2.56 bits per heavy atom. The monoisotopic (exact) mass is 264 g/mol. The summed E-state index contributed by atoms with van der Waals surface area (Å²) in [6.07, 6.45) is 0.521.